The Kier molecular flexibility index (Phi) is 5.05. The lowest BCUT2D eigenvalue weighted by atomic mass is 9.60. The number of Topliss-reactive ketones (excluding diaryl/α,β-unsaturated/α-hetero) is 1. The van der Waals surface area contributed by atoms with Crippen LogP contribution in [0.5, 0.6) is 0 Å². The molecule has 2 aliphatic rings. The Hall–Kier alpha value is -2.49. The minimum absolute atomic E-state index is 0.0475. The van der Waals surface area contributed by atoms with E-state index in [9.17, 15) is 9.18 Å². The van der Waals surface area contributed by atoms with Gasteiger partial charge in [-0.25, -0.2) is 4.39 Å². The summed E-state index contributed by atoms with van der Waals surface area (Å²) in [5, 5.41) is 11.3. The van der Waals surface area contributed by atoms with E-state index in [1.165, 1.54) is 29.5 Å². The van der Waals surface area contributed by atoms with Crippen molar-refractivity contribution in [3.63, 3.8) is 0 Å². The number of hydrogen-bond acceptors (Lipinski definition) is 3. The van der Waals surface area contributed by atoms with Crippen LogP contribution in [0.25, 0.3) is 0 Å². The SMILES string of the molecule is CCC12CCC(=O)CC1CCCc1cc(Nc3ccc(F)cc3)c(C=N)cc12. The molecular formula is C24H27FN2O. The summed E-state index contributed by atoms with van der Waals surface area (Å²) in [7, 11) is 0. The Bertz CT molecular complexity index is 906. The predicted octanol–water partition coefficient (Wildman–Crippen LogP) is 5.92. The minimum atomic E-state index is -0.262. The molecule has 2 aromatic rings. The Morgan fingerprint density at radius 3 is 2.75 bits per heavy atom. The molecule has 3 nitrogen and oxygen atoms in total. The van der Waals surface area contributed by atoms with Gasteiger partial charge in [-0.2, -0.15) is 0 Å². The number of hydrogen-bond donors (Lipinski definition) is 2. The molecule has 4 rings (SSSR count). The van der Waals surface area contributed by atoms with Gasteiger partial charge < -0.3 is 10.7 Å². The number of anilines is 2. The van der Waals surface area contributed by atoms with Crippen LogP contribution in [0.2, 0.25) is 0 Å². The van der Waals surface area contributed by atoms with Crippen molar-refractivity contribution in [2.75, 3.05) is 5.32 Å². The Morgan fingerprint density at radius 1 is 1.25 bits per heavy atom. The summed E-state index contributed by atoms with van der Waals surface area (Å²) in [4.78, 5) is 12.1. The lowest BCUT2D eigenvalue weighted by Gasteiger charge is -2.44. The van der Waals surface area contributed by atoms with Crippen LogP contribution in [0.4, 0.5) is 15.8 Å². The van der Waals surface area contributed by atoms with E-state index in [-0.39, 0.29) is 11.2 Å². The predicted molar refractivity (Wildman–Crippen MR) is 111 cm³/mol. The molecule has 2 atom stereocenters. The zero-order valence-corrected chi connectivity index (χ0v) is 16.4. The number of halogens is 1. The number of aryl methyl sites for hydroxylation is 1. The van der Waals surface area contributed by atoms with Crippen molar-refractivity contribution in [1.82, 2.24) is 0 Å². The van der Waals surface area contributed by atoms with Gasteiger partial charge in [-0.1, -0.05) is 6.92 Å². The molecule has 2 aromatic carbocycles. The third-order valence-corrected chi connectivity index (χ3v) is 6.83. The second-order valence-corrected chi connectivity index (χ2v) is 8.21. The average molecular weight is 378 g/mol. The number of fused-ring (bicyclic) bond motifs is 3. The van der Waals surface area contributed by atoms with Gasteiger partial charge in [0.05, 0.1) is 0 Å². The highest BCUT2D eigenvalue weighted by molar-refractivity contribution is 5.88. The van der Waals surface area contributed by atoms with Crippen molar-refractivity contribution in [3.8, 4) is 0 Å². The normalized spacial score (nSPS) is 24.1. The van der Waals surface area contributed by atoms with Gasteiger partial charge >= 0.3 is 0 Å². The summed E-state index contributed by atoms with van der Waals surface area (Å²) in [5.74, 6) is 0.552. The van der Waals surface area contributed by atoms with Gasteiger partial charge in [-0.05, 0) is 91.0 Å². The highest BCUT2D eigenvalue weighted by atomic mass is 19.1. The molecule has 0 bridgehead atoms. The number of carbonyl (C=O) groups is 1. The minimum Gasteiger partial charge on any atom is -0.355 e. The number of benzene rings is 2. The molecule has 0 amide bonds. The van der Waals surface area contributed by atoms with E-state index >= 15 is 0 Å². The molecule has 2 unspecified atom stereocenters. The maximum atomic E-state index is 13.2. The maximum absolute atomic E-state index is 13.2. The molecule has 0 aliphatic heterocycles. The molecule has 0 saturated heterocycles. The van der Waals surface area contributed by atoms with Crippen molar-refractivity contribution >= 4 is 23.4 Å². The van der Waals surface area contributed by atoms with Gasteiger partial charge in [0.15, 0.2) is 0 Å². The smallest absolute Gasteiger partial charge is 0.133 e. The van der Waals surface area contributed by atoms with E-state index in [2.05, 4.69) is 24.4 Å². The quantitative estimate of drug-likeness (QED) is 0.649. The lowest BCUT2D eigenvalue weighted by Crippen LogP contribution is -2.40. The number of carbonyl (C=O) groups excluding carboxylic acids is 1. The second-order valence-electron chi connectivity index (χ2n) is 8.21. The van der Waals surface area contributed by atoms with Crippen molar-refractivity contribution in [2.24, 2.45) is 5.92 Å². The fourth-order valence-electron chi connectivity index (χ4n) is 5.31. The van der Waals surface area contributed by atoms with Crippen molar-refractivity contribution in [3.05, 3.63) is 58.9 Å². The molecule has 0 radical (unpaired) electrons. The van der Waals surface area contributed by atoms with Gasteiger partial charge in [0, 0.05) is 36.0 Å². The van der Waals surface area contributed by atoms with Crippen LogP contribution in [0, 0.1) is 17.1 Å². The molecule has 1 saturated carbocycles. The van der Waals surface area contributed by atoms with Crippen LogP contribution in [0.15, 0.2) is 36.4 Å². The summed E-state index contributed by atoms with van der Waals surface area (Å²) in [6.07, 6.45) is 7.88. The van der Waals surface area contributed by atoms with E-state index in [4.69, 9.17) is 5.41 Å². The molecule has 146 valence electrons. The van der Waals surface area contributed by atoms with Crippen molar-refractivity contribution < 1.29 is 9.18 Å². The maximum Gasteiger partial charge on any atom is 0.133 e. The third-order valence-electron chi connectivity index (χ3n) is 6.83. The third kappa shape index (κ3) is 3.25. The molecule has 28 heavy (non-hydrogen) atoms. The molecule has 2 N–H and O–H groups in total. The fraction of sp³-hybridized carbons (Fsp3) is 0.417. The van der Waals surface area contributed by atoms with Crippen molar-refractivity contribution in [1.29, 1.82) is 5.41 Å². The first-order valence-electron chi connectivity index (χ1n) is 10.3. The standard InChI is InChI=1S/C24H27FN2O/c1-2-24-11-10-21(28)14-18(24)5-3-4-16-13-23(17(15-26)12-22(16)24)27-20-8-6-19(25)7-9-20/h6-9,12-13,15,18,26-27H,2-5,10-11,14H2,1H3. The highest BCUT2D eigenvalue weighted by Gasteiger charge is 2.45. The zero-order chi connectivity index (χ0) is 19.7. The highest BCUT2D eigenvalue weighted by Crippen LogP contribution is 2.51. The summed E-state index contributed by atoms with van der Waals surface area (Å²) in [6.45, 7) is 2.24. The van der Waals surface area contributed by atoms with Crippen molar-refractivity contribution in [2.45, 2.75) is 57.3 Å². The number of ketones is 1. The first-order valence-corrected chi connectivity index (χ1v) is 10.3. The van der Waals surface area contributed by atoms with Gasteiger partial charge in [0.2, 0.25) is 0 Å². The Morgan fingerprint density at radius 2 is 2.04 bits per heavy atom. The van der Waals surface area contributed by atoms with Gasteiger partial charge in [0.1, 0.15) is 11.6 Å². The zero-order valence-electron chi connectivity index (χ0n) is 16.4. The van der Waals surface area contributed by atoms with E-state index in [1.807, 2.05) is 0 Å². The molecule has 0 heterocycles. The lowest BCUT2D eigenvalue weighted by molar-refractivity contribution is -0.123. The summed E-state index contributed by atoms with van der Waals surface area (Å²) in [5.41, 5.74) is 5.25. The van der Waals surface area contributed by atoms with Crippen LogP contribution >= 0.6 is 0 Å². The van der Waals surface area contributed by atoms with E-state index in [1.54, 1.807) is 12.1 Å². The van der Waals surface area contributed by atoms with E-state index in [0.717, 1.165) is 49.0 Å². The molecule has 4 heteroatoms. The van der Waals surface area contributed by atoms with Gasteiger partial charge in [-0.3, -0.25) is 4.79 Å². The van der Waals surface area contributed by atoms with Gasteiger partial charge in [0.25, 0.3) is 0 Å². The summed E-state index contributed by atoms with van der Waals surface area (Å²) >= 11 is 0. The summed E-state index contributed by atoms with van der Waals surface area (Å²) in [6, 6.07) is 10.6. The van der Waals surface area contributed by atoms with E-state index in [0.29, 0.717) is 24.5 Å². The average Bonchev–Trinajstić information content (AvgIpc) is 2.85. The molecule has 2 aliphatic carbocycles. The van der Waals surface area contributed by atoms with E-state index < -0.39 is 0 Å². The van der Waals surface area contributed by atoms with Crippen LogP contribution in [-0.4, -0.2) is 12.0 Å². The van der Waals surface area contributed by atoms with Gasteiger partial charge in [-0.15, -0.1) is 0 Å². The molecule has 1 fully saturated rings. The van der Waals surface area contributed by atoms with Crippen LogP contribution in [-0.2, 0) is 16.6 Å². The largest absolute Gasteiger partial charge is 0.355 e. The fourth-order valence-corrected chi connectivity index (χ4v) is 5.31. The van der Waals surface area contributed by atoms with Crippen LogP contribution < -0.4 is 5.32 Å². The molecule has 0 aromatic heterocycles. The monoisotopic (exact) mass is 378 g/mol. The molecule has 0 spiro atoms. The number of nitrogens with one attached hydrogen (secondary N) is 2. The topological polar surface area (TPSA) is 53.0 Å². The summed E-state index contributed by atoms with van der Waals surface area (Å²) < 4.78 is 13.2. The molecular weight excluding hydrogens is 351 g/mol. The Labute approximate surface area is 165 Å². The Balaban J connectivity index is 1.78. The second kappa shape index (κ2) is 7.50. The number of rotatable bonds is 4. The van der Waals surface area contributed by atoms with Crippen LogP contribution in [0.1, 0.15) is 62.1 Å². The first kappa shape index (κ1) is 18.9. The first-order chi connectivity index (χ1) is 13.6. The van der Waals surface area contributed by atoms with Crippen LogP contribution in [0.3, 0.4) is 0 Å².